The molecule has 1 aliphatic rings. The summed E-state index contributed by atoms with van der Waals surface area (Å²) in [6, 6.07) is 0.320. The Labute approximate surface area is 112 Å². The molecule has 0 saturated heterocycles. The molecule has 0 heterocycles. The highest BCUT2D eigenvalue weighted by Crippen LogP contribution is 2.35. The highest BCUT2D eigenvalue weighted by atomic mass is 16.3. The Balaban J connectivity index is 2.86. The smallest absolute Gasteiger partial charge is 0.228 e. The van der Waals surface area contributed by atoms with E-state index < -0.39 is 0 Å². The van der Waals surface area contributed by atoms with Crippen LogP contribution in [-0.2, 0) is 4.79 Å². The molecule has 1 N–H and O–H groups in total. The Kier molecular flexibility index (Phi) is 4.47. The lowest BCUT2D eigenvalue weighted by atomic mass is 9.86. The lowest BCUT2D eigenvalue weighted by Crippen LogP contribution is -2.50. The molecule has 18 heavy (non-hydrogen) atoms. The number of nitrogens with zero attached hydrogens (tertiary/aromatic N) is 1. The maximum absolute atomic E-state index is 12.5. The fourth-order valence-electron chi connectivity index (χ4n) is 2.33. The summed E-state index contributed by atoms with van der Waals surface area (Å²) in [5.74, 6) is 0.174. The van der Waals surface area contributed by atoms with Gasteiger partial charge in [-0.15, -0.1) is 0 Å². The maximum Gasteiger partial charge on any atom is 0.228 e. The lowest BCUT2D eigenvalue weighted by Gasteiger charge is -2.38. The standard InChI is InChI=1S/C15H29NO2/c1-14(2,3)9-12(10-17)16(11-7-8-11)13(18)15(4,5)6/h11-12,17H,7-10H2,1-6H3/t12-/m0/s1. The van der Waals surface area contributed by atoms with Crippen LogP contribution in [0.2, 0.25) is 0 Å². The summed E-state index contributed by atoms with van der Waals surface area (Å²) < 4.78 is 0. The van der Waals surface area contributed by atoms with Crippen LogP contribution in [0.25, 0.3) is 0 Å². The van der Waals surface area contributed by atoms with Crippen LogP contribution >= 0.6 is 0 Å². The Bertz CT molecular complexity index is 295. The van der Waals surface area contributed by atoms with Gasteiger partial charge in [0.15, 0.2) is 0 Å². The summed E-state index contributed by atoms with van der Waals surface area (Å²) in [6.07, 6.45) is 3.02. The van der Waals surface area contributed by atoms with Gasteiger partial charge in [0.2, 0.25) is 5.91 Å². The van der Waals surface area contributed by atoms with Crippen molar-refractivity contribution in [2.24, 2.45) is 10.8 Å². The summed E-state index contributed by atoms with van der Waals surface area (Å²) in [7, 11) is 0. The molecule has 3 nitrogen and oxygen atoms in total. The topological polar surface area (TPSA) is 40.5 Å². The van der Waals surface area contributed by atoms with Crippen molar-refractivity contribution in [1.82, 2.24) is 4.90 Å². The third-order valence-corrected chi connectivity index (χ3v) is 3.27. The highest BCUT2D eigenvalue weighted by molar-refractivity contribution is 5.82. The van der Waals surface area contributed by atoms with Gasteiger partial charge in [-0.2, -0.15) is 0 Å². The summed E-state index contributed by atoms with van der Waals surface area (Å²) in [6.45, 7) is 12.4. The van der Waals surface area contributed by atoms with Gasteiger partial charge in [0, 0.05) is 11.5 Å². The van der Waals surface area contributed by atoms with E-state index in [1.54, 1.807) is 0 Å². The van der Waals surface area contributed by atoms with Crippen molar-refractivity contribution in [3.05, 3.63) is 0 Å². The number of hydrogen-bond acceptors (Lipinski definition) is 2. The first-order chi connectivity index (χ1) is 8.06. The van der Waals surface area contributed by atoms with Crippen molar-refractivity contribution in [2.75, 3.05) is 6.61 Å². The van der Waals surface area contributed by atoms with E-state index in [-0.39, 0.29) is 29.4 Å². The number of aliphatic hydroxyl groups is 1. The van der Waals surface area contributed by atoms with Gasteiger partial charge < -0.3 is 10.0 Å². The molecule has 0 unspecified atom stereocenters. The first-order valence-electron chi connectivity index (χ1n) is 7.00. The molecular weight excluding hydrogens is 226 g/mol. The molecule has 0 aromatic carbocycles. The van der Waals surface area contributed by atoms with Crippen molar-refractivity contribution < 1.29 is 9.90 Å². The van der Waals surface area contributed by atoms with Gasteiger partial charge >= 0.3 is 0 Å². The third-order valence-electron chi connectivity index (χ3n) is 3.27. The van der Waals surface area contributed by atoms with Crippen LogP contribution in [0.4, 0.5) is 0 Å². The van der Waals surface area contributed by atoms with Gasteiger partial charge in [0.05, 0.1) is 12.6 Å². The summed E-state index contributed by atoms with van der Waals surface area (Å²) >= 11 is 0. The van der Waals surface area contributed by atoms with Crippen molar-refractivity contribution in [3.8, 4) is 0 Å². The van der Waals surface area contributed by atoms with Gasteiger partial charge in [-0.3, -0.25) is 4.79 Å². The molecule has 3 heteroatoms. The molecule has 0 aromatic heterocycles. The molecule has 0 bridgehead atoms. The average molecular weight is 255 g/mol. The lowest BCUT2D eigenvalue weighted by molar-refractivity contribution is -0.144. The molecule has 1 saturated carbocycles. The van der Waals surface area contributed by atoms with Gasteiger partial charge in [0.1, 0.15) is 0 Å². The third kappa shape index (κ3) is 4.27. The quantitative estimate of drug-likeness (QED) is 0.839. The molecule has 1 fully saturated rings. The molecule has 1 atom stereocenters. The molecule has 0 aliphatic heterocycles. The molecule has 0 radical (unpaired) electrons. The van der Waals surface area contributed by atoms with E-state index in [1.165, 1.54) is 0 Å². The Hall–Kier alpha value is -0.570. The molecule has 1 amide bonds. The average Bonchev–Trinajstić information content (AvgIpc) is 2.97. The molecule has 1 rings (SSSR count). The number of carbonyl (C=O) groups excluding carboxylic acids is 1. The van der Waals surface area contributed by atoms with E-state index >= 15 is 0 Å². The van der Waals surface area contributed by atoms with E-state index in [4.69, 9.17) is 0 Å². The van der Waals surface area contributed by atoms with Crippen LogP contribution in [0.5, 0.6) is 0 Å². The fraction of sp³-hybridized carbons (Fsp3) is 0.933. The van der Waals surface area contributed by atoms with Gasteiger partial charge in [-0.1, -0.05) is 41.5 Å². The SMILES string of the molecule is CC(C)(C)C[C@@H](CO)N(C(=O)C(C)(C)C)C1CC1. The molecule has 106 valence electrons. The van der Waals surface area contributed by atoms with Crippen LogP contribution in [-0.4, -0.2) is 34.6 Å². The second-order valence-electron chi connectivity index (χ2n) is 7.79. The van der Waals surface area contributed by atoms with Gasteiger partial charge in [0.25, 0.3) is 0 Å². The number of rotatable bonds is 4. The number of hydrogen-bond donors (Lipinski definition) is 1. The largest absolute Gasteiger partial charge is 0.394 e. The van der Waals surface area contributed by atoms with Crippen LogP contribution < -0.4 is 0 Å². The first kappa shape index (κ1) is 15.5. The monoisotopic (exact) mass is 255 g/mol. The number of carbonyl (C=O) groups is 1. The second-order valence-corrected chi connectivity index (χ2v) is 7.79. The highest BCUT2D eigenvalue weighted by Gasteiger charge is 2.41. The van der Waals surface area contributed by atoms with Gasteiger partial charge in [-0.05, 0) is 24.7 Å². The predicted molar refractivity (Wildman–Crippen MR) is 74.3 cm³/mol. The molecular formula is C15H29NO2. The summed E-state index contributed by atoms with van der Waals surface area (Å²) in [4.78, 5) is 14.5. The van der Waals surface area contributed by atoms with Crippen molar-refractivity contribution in [2.45, 2.75) is 72.9 Å². The van der Waals surface area contributed by atoms with Crippen molar-refractivity contribution in [1.29, 1.82) is 0 Å². The number of amides is 1. The second kappa shape index (κ2) is 5.20. The first-order valence-corrected chi connectivity index (χ1v) is 7.00. The van der Waals surface area contributed by atoms with Crippen LogP contribution in [0.1, 0.15) is 60.8 Å². The zero-order valence-electron chi connectivity index (χ0n) is 12.8. The minimum absolute atomic E-state index is 0.0378. The van der Waals surface area contributed by atoms with Crippen molar-refractivity contribution in [3.63, 3.8) is 0 Å². The minimum Gasteiger partial charge on any atom is -0.394 e. The Morgan fingerprint density at radius 3 is 2.00 bits per heavy atom. The zero-order valence-corrected chi connectivity index (χ0v) is 12.8. The summed E-state index contributed by atoms with van der Waals surface area (Å²) in [5.41, 5.74) is -0.243. The van der Waals surface area contributed by atoms with Gasteiger partial charge in [-0.25, -0.2) is 0 Å². The van der Waals surface area contributed by atoms with E-state index in [2.05, 4.69) is 20.8 Å². The summed E-state index contributed by atoms with van der Waals surface area (Å²) in [5, 5.41) is 9.66. The van der Waals surface area contributed by atoms with E-state index in [0.29, 0.717) is 6.04 Å². The molecule has 0 spiro atoms. The van der Waals surface area contributed by atoms with Crippen LogP contribution in [0.3, 0.4) is 0 Å². The Morgan fingerprint density at radius 1 is 1.22 bits per heavy atom. The zero-order chi connectivity index (χ0) is 14.1. The number of aliphatic hydroxyl groups excluding tert-OH is 1. The minimum atomic E-state index is -0.367. The van der Waals surface area contributed by atoms with E-state index in [1.807, 2.05) is 25.7 Å². The maximum atomic E-state index is 12.5. The normalized spacial score (nSPS) is 18.6. The molecule has 0 aromatic rings. The van der Waals surface area contributed by atoms with E-state index in [9.17, 15) is 9.90 Å². The van der Waals surface area contributed by atoms with Crippen LogP contribution in [0, 0.1) is 10.8 Å². The van der Waals surface area contributed by atoms with Crippen LogP contribution in [0.15, 0.2) is 0 Å². The fourth-order valence-corrected chi connectivity index (χ4v) is 2.33. The molecule has 1 aliphatic carbocycles. The van der Waals surface area contributed by atoms with E-state index in [0.717, 1.165) is 19.3 Å². The van der Waals surface area contributed by atoms with Crippen molar-refractivity contribution >= 4 is 5.91 Å². The Morgan fingerprint density at radius 2 is 1.72 bits per heavy atom. The predicted octanol–water partition coefficient (Wildman–Crippen LogP) is 2.82.